The Bertz CT molecular complexity index is 514. The Kier molecular flexibility index (Phi) is 4.41. The topological polar surface area (TPSA) is 97.1 Å². The molecule has 1 saturated carbocycles. The molecule has 2 atom stereocenters. The van der Waals surface area contributed by atoms with E-state index in [4.69, 9.17) is 4.42 Å². The Morgan fingerprint density at radius 1 is 1.32 bits per heavy atom. The minimum atomic E-state index is -3.16. The standard InChI is InChI=1S/C11H20N4O3S/c1-8-13-14-11(18-8)12-7-9-5-3-4-6-10(9)15-19(2,16)17/h9-10,15H,3-7H2,1-2H3,(H,12,14). The van der Waals surface area contributed by atoms with Crippen molar-refractivity contribution in [1.82, 2.24) is 14.9 Å². The average Bonchev–Trinajstić information content (AvgIpc) is 2.72. The molecule has 0 radical (unpaired) electrons. The fraction of sp³-hybridized carbons (Fsp3) is 0.818. The van der Waals surface area contributed by atoms with Gasteiger partial charge in [-0.15, -0.1) is 5.10 Å². The van der Waals surface area contributed by atoms with E-state index in [1.165, 1.54) is 6.26 Å². The third kappa shape index (κ3) is 4.46. The summed E-state index contributed by atoms with van der Waals surface area (Å²) in [6, 6.07) is 0.376. The van der Waals surface area contributed by atoms with Gasteiger partial charge in [-0.2, -0.15) is 0 Å². The lowest BCUT2D eigenvalue weighted by Crippen LogP contribution is -2.44. The molecule has 0 saturated heterocycles. The summed E-state index contributed by atoms with van der Waals surface area (Å²) in [5, 5.41) is 10.7. The average molecular weight is 288 g/mol. The predicted octanol–water partition coefficient (Wildman–Crippen LogP) is 0.898. The van der Waals surface area contributed by atoms with Gasteiger partial charge in [0.2, 0.25) is 15.9 Å². The van der Waals surface area contributed by atoms with Crippen LogP contribution in [0.2, 0.25) is 0 Å². The highest BCUT2D eigenvalue weighted by atomic mass is 32.2. The summed E-state index contributed by atoms with van der Waals surface area (Å²) in [5.74, 6) is 0.757. The van der Waals surface area contributed by atoms with E-state index in [1.807, 2.05) is 0 Å². The van der Waals surface area contributed by atoms with Crippen LogP contribution in [0.5, 0.6) is 0 Å². The molecular weight excluding hydrogens is 268 g/mol. The number of nitrogens with zero attached hydrogens (tertiary/aromatic N) is 2. The van der Waals surface area contributed by atoms with Crippen molar-refractivity contribution in [3.05, 3.63) is 5.89 Å². The van der Waals surface area contributed by atoms with Crippen molar-refractivity contribution in [2.24, 2.45) is 5.92 Å². The lowest BCUT2D eigenvalue weighted by Gasteiger charge is -2.31. The first-order valence-electron chi connectivity index (χ1n) is 6.45. The molecular formula is C11H20N4O3S. The number of aromatic nitrogens is 2. The van der Waals surface area contributed by atoms with Gasteiger partial charge in [-0.25, -0.2) is 13.1 Å². The van der Waals surface area contributed by atoms with Gasteiger partial charge in [0.15, 0.2) is 0 Å². The molecule has 2 rings (SSSR count). The fourth-order valence-corrected chi connectivity index (χ4v) is 3.33. The molecule has 1 aliphatic rings. The van der Waals surface area contributed by atoms with Crippen molar-refractivity contribution >= 4 is 16.0 Å². The summed E-state index contributed by atoms with van der Waals surface area (Å²) >= 11 is 0. The predicted molar refractivity (Wildman–Crippen MR) is 71.3 cm³/mol. The Morgan fingerprint density at radius 2 is 2.05 bits per heavy atom. The molecule has 1 heterocycles. The molecule has 19 heavy (non-hydrogen) atoms. The molecule has 0 amide bonds. The second-order valence-electron chi connectivity index (χ2n) is 5.05. The lowest BCUT2D eigenvalue weighted by atomic mass is 9.85. The lowest BCUT2D eigenvalue weighted by molar-refractivity contribution is 0.300. The normalized spacial score (nSPS) is 24.3. The maximum atomic E-state index is 11.4. The van der Waals surface area contributed by atoms with Crippen LogP contribution in [0.15, 0.2) is 4.42 Å². The number of hydrogen-bond donors (Lipinski definition) is 2. The Hall–Kier alpha value is -1.15. The first kappa shape index (κ1) is 14.3. The summed E-state index contributed by atoms with van der Waals surface area (Å²) in [6.45, 7) is 2.36. The number of aryl methyl sites for hydroxylation is 1. The van der Waals surface area contributed by atoms with Crippen LogP contribution in [0.1, 0.15) is 31.6 Å². The highest BCUT2D eigenvalue weighted by Gasteiger charge is 2.27. The summed E-state index contributed by atoms with van der Waals surface area (Å²) in [7, 11) is -3.16. The molecule has 108 valence electrons. The molecule has 1 fully saturated rings. The second-order valence-corrected chi connectivity index (χ2v) is 6.83. The number of sulfonamides is 1. The van der Waals surface area contributed by atoms with Crippen LogP contribution < -0.4 is 10.0 Å². The van der Waals surface area contributed by atoms with Crippen LogP contribution in [-0.4, -0.2) is 37.5 Å². The summed E-state index contributed by atoms with van der Waals surface area (Å²) in [5.41, 5.74) is 0. The van der Waals surface area contributed by atoms with Crippen molar-refractivity contribution in [3.8, 4) is 0 Å². The molecule has 1 aliphatic carbocycles. The smallest absolute Gasteiger partial charge is 0.315 e. The van der Waals surface area contributed by atoms with Gasteiger partial charge in [0, 0.05) is 19.5 Å². The fourth-order valence-electron chi connectivity index (χ4n) is 2.47. The van der Waals surface area contributed by atoms with Gasteiger partial charge in [0.1, 0.15) is 0 Å². The summed E-state index contributed by atoms with van der Waals surface area (Å²) in [6.07, 6.45) is 5.25. The monoisotopic (exact) mass is 288 g/mol. The largest absolute Gasteiger partial charge is 0.408 e. The van der Waals surface area contributed by atoms with E-state index >= 15 is 0 Å². The minimum Gasteiger partial charge on any atom is -0.408 e. The van der Waals surface area contributed by atoms with Crippen LogP contribution in [0, 0.1) is 12.8 Å². The maximum Gasteiger partial charge on any atom is 0.315 e. The third-order valence-corrected chi connectivity index (χ3v) is 4.05. The molecule has 0 bridgehead atoms. The molecule has 2 N–H and O–H groups in total. The minimum absolute atomic E-state index is 0.0136. The molecule has 0 aromatic carbocycles. The van der Waals surface area contributed by atoms with Crippen molar-refractivity contribution in [1.29, 1.82) is 0 Å². The van der Waals surface area contributed by atoms with E-state index in [2.05, 4.69) is 20.2 Å². The van der Waals surface area contributed by atoms with Crippen molar-refractivity contribution in [2.45, 2.75) is 38.6 Å². The highest BCUT2D eigenvalue weighted by molar-refractivity contribution is 7.88. The van der Waals surface area contributed by atoms with Crippen LogP contribution in [0.25, 0.3) is 0 Å². The second kappa shape index (κ2) is 5.87. The molecule has 1 aromatic heterocycles. The van der Waals surface area contributed by atoms with Gasteiger partial charge < -0.3 is 9.73 Å². The first-order valence-corrected chi connectivity index (χ1v) is 8.34. The number of nitrogens with one attached hydrogen (secondary N) is 2. The summed E-state index contributed by atoms with van der Waals surface area (Å²) < 4.78 is 30.7. The van der Waals surface area contributed by atoms with Crippen LogP contribution in [0.3, 0.4) is 0 Å². The van der Waals surface area contributed by atoms with Crippen LogP contribution in [0.4, 0.5) is 6.01 Å². The third-order valence-electron chi connectivity index (χ3n) is 3.32. The molecule has 8 heteroatoms. The van der Waals surface area contributed by atoms with Crippen LogP contribution in [-0.2, 0) is 10.0 Å². The molecule has 2 unspecified atom stereocenters. The summed E-state index contributed by atoms with van der Waals surface area (Å²) in [4.78, 5) is 0. The Morgan fingerprint density at radius 3 is 2.68 bits per heavy atom. The molecule has 1 aromatic rings. The van der Waals surface area contributed by atoms with Gasteiger partial charge in [0.25, 0.3) is 0 Å². The zero-order valence-corrected chi connectivity index (χ0v) is 12.0. The molecule has 0 spiro atoms. The maximum absolute atomic E-state index is 11.4. The van der Waals surface area contributed by atoms with Gasteiger partial charge >= 0.3 is 6.01 Å². The zero-order valence-electron chi connectivity index (χ0n) is 11.2. The molecule has 7 nitrogen and oxygen atoms in total. The van der Waals surface area contributed by atoms with E-state index < -0.39 is 10.0 Å². The van der Waals surface area contributed by atoms with Crippen LogP contribution >= 0.6 is 0 Å². The van der Waals surface area contributed by atoms with Gasteiger partial charge in [-0.05, 0) is 18.8 Å². The van der Waals surface area contributed by atoms with E-state index in [1.54, 1.807) is 6.92 Å². The van der Waals surface area contributed by atoms with E-state index in [0.717, 1.165) is 25.7 Å². The zero-order chi connectivity index (χ0) is 13.9. The number of rotatable bonds is 5. The SMILES string of the molecule is Cc1nnc(NCC2CCCCC2NS(C)(=O)=O)o1. The van der Waals surface area contributed by atoms with Crippen molar-refractivity contribution in [3.63, 3.8) is 0 Å². The van der Waals surface area contributed by atoms with E-state index in [9.17, 15) is 8.42 Å². The Balaban J connectivity index is 1.92. The van der Waals surface area contributed by atoms with Gasteiger partial charge in [-0.1, -0.05) is 17.9 Å². The molecule has 0 aliphatic heterocycles. The van der Waals surface area contributed by atoms with Crippen molar-refractivity contribution in [2.75, 3.05) is 18.1 Å². The van der Waals surface area contributed by atoms with Crippen molar-refractivity contribution < 1.29 is 12.8 Å². The highest BCUT2D eigenvalue weighted by Crippen LogP contribution is 2.25. The quantitative estimate of drug-likeness (QED) is 0.835. The van der Waals surface area contributed by atoms with E-state index in [0.29, 0.717) is 18.5 Å². The number of hydrogen-bond acceptors (Lipinski definition) is 6. The first-order chi connectivity index (χ1) is 8.94. The van der Waals surface area contributed by atoms with E-state index in [-0.39, 0.29) is 12.0 Å². The number of anilines is 1. The van der Waals surface area contributed by atoms with Gasteiger partial charge in [0.05, 0.1) is 6.26 Å². The Labute approximate surface area is 113 Å². The van der Waals surface area contributed by atoms with Gasteiger partial charge in [-0.3, -0.25) is 0 Å².